The maximum atomic E-state index is 9.72. The maximum absolute atomic E-state index is 9.72. The fourth-order valence-corrected chi connectivity index (χ4v) is 1.23. The first-order valence-electron chi connectivity index (χ1n) is 4.70. The van der Waals surface area contributed by atoms with Gasteiger partial charge in [-0.05, 0) is 12.0 Å². The number of benzene rings is 1. The molecule has 0 amide bonds. The highest BCUT2D eigenvalue weighted by atomic mass is 32.2. The first kappa shape index (κ1) is 14.6. The molecule has 0 aliphatic carbocycles. The first-order chi connectivity index (χ1) is 7.49. The van der Waals surface area contributed by atoms with Gasteiger partial charge >= 0.3 is 0 Å². The fraction of sp³-hybridized carbons (Fsp3) is 0.167. The lowest BCUT2D eigenvalue weighted by atomic mass is 10.2. The molecule has 0 fully saturated rings. The Morgan fingerprint density at radius 1 is 1.12 bits per heavy atom. The molecule has 0 unspecified atom stereocenters. The lowest BCUT2D eigenvalue weighted by Crippen LogP contribution is -1.99. The van der Waals surface area contributed by atoms with Crippen LogP contribution in [-0.2, 0) is 16.5 Å². The summed E-state index contributed by atoms with van der Waals surface area (Å²) in [6, 6.07) is 10.3. The van der Waals surface area contributed by atoms with Crippen molar-refractivity contribution in [2.24, 2.45) is 0 Å². The Morgan fingerprint density at radius 3 is 2.00 bits per heavy atom. The van der Waals surface area contributed by atoms with E-state index in [1.165, 1.54) is 5.56 Å². The van der Waals surface area contributed by atoms with Crippen LogP contribution in [-0.4, -0.2) is 18.7 Å². The van der Waals surface area contributed by atoms with Gasteiger partial charge in [-0.1, -0.05) is 42.5 Å². The molecule has 1 aromatic carbocycles. The van der Waals surface area contributed by atoms with Gasteiger partial charge in [-0.3, -0.25) is 4.55 Å². The molecule has 0 radical (unpaired) electrons. The van der Waals surface area contributed by atoms with Crippen LogP contribution in [0.15, 0.2) is 55.6 Å². The molecule has 0 aromatic heterocycles. The second kappa shape index (κ2) is 7.84. The van der Waals surface area contributed by atoms with Gasteiger partial charge < -0.3 is 0 Å². The van der Waals surface area contributed by atoms with Crippen LogP contribution in [0.3, 0.4) is 0 Å². The van der Waals surface area contributed by atoms with Gasteiger partial charge in [-0.25, -0.2) is 0 Å². The van der Waals surface area contributed by atoms with Crippen molar-refractivity contribution in [2.45, 2.75) is 6.42 Å². The molecule has 0 bridgehead atoms. The fourth-order valence-electron chi connectivity index (χ4n) is 0.930. The average Bonchev–Trinajstić information content (AvgIpc) is 2.19. The van der Waals surface area contributed by atoms with E-state index in [-0.39, 0.29) is 5.75 Å². The van der Waals surface area contributed by atoms with Crippen molar-refractivity contribution in [3.8, 4) is 0 Å². The van der Waals surface area contributed by atoms with Crippen molar-refractivity contribution in [3.05, 3.63) is 61.2 Å². The highest BCUT2D eigenvalue weighted by Gasteiger charge is 1.95. The van der Waals surface area contributed by atoms with Crippen LogP contribution < -0.4 is 0 Å². The molecular weight excluding hydrogens is 224 g/mol. The van der Waals surface area contributed by atoms with E-state index in [0.29, 0.717) is 0 Å². The Balaban J connectivity index is 0.000000293. The van der Waals surface area contributed by atoms with Gasteiger partial charge in [0.15, 0.2) is 0 Å². The molecule has 1 rings (SSSR count). The summed E-state index contributed by atoms with van der Waals surface area (Å²) in [7, 11) is -3.79. The minimum absolute atomic E-state index is 0.368. The highest BCUT2D eigenvalue weighted by Crippen LogP contribution is 1.98. The van der Waals surface area contributed by atoms with Gasteiger partial charge in [0.1, 0.15) is 0 Å². The third-order valence-electron chi connectivity index (χ3n) is 1.55. The SMILES string of the molecule is C=CCS(=O)(=O)O.C=CCc1ccccc1. The van der Waals surface area contributed by atoms with E-state index < -0.39 is 10.1 Å². The molecule has 0 aliphatic heterocycles. The number of rotatable bonds is 4. The third-order valence-corrected chi connectivity index (χ3v) is 2.21. The van der Waals surface area contributed by atoms with Crippen molar-refractivity contribution < 1.29 is 13.0 Å². The van der Waals surface area contributed by atoms with E-state index in [9.17, 15) is 8.42 Å². The van der Waals surface area contributed by atoms with Crippen LogP contribution in [0.5, 0.6) is 0 Å². The lowest BCUT2D eigenvalue weighted by molar-refractivity contribution is 0.487. The van der Waals surface area contributed by atoms with E-state index in [0.717, 1.165) is 12.5 Å². The molecule has 1 N–H and O–H groups in total. The van der Waals surface area contributed by atoms with Crippen LogP contribution in [0.2, 0.25) is 0 Å². The summed E-state index contributed by atoms with van der Waals surface area (Å²) in [4.78, 5) is 0. The van der Waals surface area contributed by atoms with Crippen LogP contribution >= 0.6 is 0 Å². The van der Waals surface area contributed by atoms with E-state index in [1.807, 2.05) is 24.3 Å². The average molecular weight is 240 g/mol. The quantitative estimate of drug-likeness (QED) is 0.649. The number of hydrogen-bond acceptors (Lipinski definition) is 2. The van der Waals surface area contributed by atoms with E-state index in [4.69, 9.17) is 4.55 Å². The Hall–Kier alpha value is -1.39. The lowest BCUT2D eigenvalue weighted by Gasteiger charge is -1.91. The molecular formula is C12H16O3S. The van der Waals surface area contributed by atoms with E-state index >= 15 is 0 Å². The summed E-state index contributed by atoms with van der Waals surface area (Å²) in [6.45, 7) is 6.76. The zero-order valence-electron chi connectivity index (χ0n) is 9.04. The third kappa shape index (κ3) is 9.18. The minimum atomic E-state index is -3.79. The molecule has 0 saturated heterocycles. The van der Waals surface area contributed by atoms with Gasteiger partial charge in [0.05, 0.1) is 5.75 Å². The standard InChI is InChI=1S/C9H10.C3H6O3S/c1-2-6-9-7-4-3-5-8-9;1-2-3-7(4,5)6/h2-5,7-8H,1,6H2;2H,1,3H2,(H,4,5,6). The monoisotopic (exact) mass is 240 g/mol. The molecule has 0 heterocycles. The van der Waals surface area contributed by atoms with Gasteiger partial charge in [0.25, 0.3) is 10.1 Å². The zero-order valence-corrected chi connectivity index (χ0v) is 9.86. The normalized spacial score (nSPS) is 9.81. The summed E-state index contributed by atoms with van der Waals surface area (Å²) in [5, 5.41) is 0. The Labute approximate surface area is 96.9 Å². The summed E-state index contributed by atoms with van der Waals surface area (Å²) in [5.74, 6) is -0.368. The van der Waals surface area contributed by atoms with Crippen molar-refractivity contribution in [3.63, 3.8) is 0 Å². The molecule has 1 aromatic rings. The zero-order chi connectivity index (χ0) is 12.4. The Bertz CT molecular complexity index is 407. The predicted molar refractivity (Wildman–Crippen MR) is 67.0 cm³/mol. The molecule has 0 spiro atoms. The van der Waals surface area contributed by atoms with Gasteiger partial charge in [-0.2, -0.15) is 8.42 Å². The molecule has 0 aliphatic rings. The van der Waals surface area contributed by atoms with Crippen molar-refractivity contribution in [1.29, 1.82) is 0 Å². The Morgan fingerprint density at radius 2 is 1.69 bits per heavy atom. The van der Waals surface area contributed by atoms with Gasteiger partial charge in [0, 0.05) is 0 Å². The molecule has 16 heavy (non-hydrogen) atoms. The summed E-state index contributed by atoms with van der Waals surface area (Å²) >= 11 is 0. The van der Waals surface area contributed by atoms with Gasteiger partial charge in [0.2, 0.25) is 0 Å². The largest absolute Gasteiger partial charge is 0.285 e. The summed E-state index contributed by atoms with van der Waals surface area (Å²) in [6.07, 6.45) is 4.01. The molecule has 0 atom stereocenters. The van der Waals surface area contributed by atoms with Crippen molar-refractivity contribution in [2.75, 3.05) is 5.75 Å². The molecule has 4 heteroatoms. The van der Waals surface area contributed by atoms with E-state index in [1.54, 1.807) is 0 Å². The van der Waals surface area contributed by atoms with Crippen LogP contribution in [0, 0.1) is 0 Å². The first-order valence-corrected chi connectivity index (χ1v) is 6.31. The van der Waals surface area contributed by atoms with Crippen LogP contribution in [0.4, 0.5) is 0 Å². The van der Waals surface area contributed by atoms with Gasteiger partial charge in [-0.15, -0.1) is 13.2 Å². The maximum Gasteiger partial charge on any atom is 0.268 e. The summed E-state index contributed by atoms with van der Waals surface area (Å²) < 4.78 is 27.3. The van der Waals surface area contributed by atoms with E-state index in [2.05, 4.69) is 25.3 Å². The molecule has 3 nitrogen and oxygen atoms in total. The van der Waals surface area contributed by atoms with Crippen LogP contribution in [0.1, 0.15) is 5.56 Å². The minimum Gasteiger partial charge on any atom is -0.285 e. The highest BCUT2D eigenvalue weighted by molar-refractivity contribution is 7.85. The smallest absolute Gasteiger partial charge is 0.268 e. The number of hydrogen-bond donors (Lipinski definition) is 1. The topological polar surface area (TPSA) is 54.4 Å². The second-order valence-electron chi connectivity index (χ2n) is 3.02. The molecule has 0 saturated carbocycles. The summed E-state index contributed by atoms with van der Waals surface area (Å²) in [5.41, 5.74) is 1.33. The van der Waals surface area contributed by atoms with Crippen molar-refractivity contribution >= 4 is 10.1 Å². The Kier molecular flexibility index (Phi) is 7.16. The predicted octanol–water partition coefficient (Wildman–Crippen LogP) is 2.48. The second-order valence-corrected chi connectivity index (χ2v) is 4.51. The molecule has 88 valence electrons. The number of allylic oxidation sites excluding steroid dienone is 1. The van der Waals surface area contributed by atoms with Crippen molar-refractivity contribution in [1.82, 2.24) is 0 Å². The van der Waals surface area contributed by atoms with Crippen LogP contribution in [0.25, 0.3) is 0 Å².